The fourth-order valence-corrected chi connectivity index (χ4v) is 4.41. The molecule has 0 unspecified atom stereocenters. The van der Waals surface area contributed by atoms with Gasteiger partial charge in [-0.05, 0) is 42.7 Å². The minimum atomic E-state index is -0.0130. The lowest BCUT2D eigenvalue weighted by Crippen LogP contribution is -2.34. The Bertz CT molecular complexity index is 1310. The molecule has 3 aromatic carbocycles. The molecule has 0 bridgehead atoms. The number of benzene rings is 3. The van der Waals surface area contributed by atoms with Crippen molar-refractivity contribution < 1.29 is 9.15 Å². The van der Waals surface area contributed by atoms with Crippen LogP contribution in [0.15, 0.2) is 75.9 Å². The van der Waals surface area contributed by atoms with E-state index in [1.807, 2.05) is 73.7 Å². The summed E-state index contributed by atoms with van der Waals surface area (Å²) in [6.07, 6.45) is 0.824. The third kappa shape index (κ3) is 3.73. The lowest BCUT2D eigenvalue weighted by molar-refractivity contribution is 0.0968. The first-order valence-electron chi connectivity index (χ1n) is 10.3. The van der Waals surface area contributed by atoms with Gasteiger partial charge in [0.1, 0.15) is 23.8 Å². The van der Waals surface area contributed by atoms with Crippen molar-refractivity contribution in [1.29, 1.82) is 0 Å². The summed E-state index contributed by atoms with van der Waals surface area (Å²) in [5, 5.41) is 1.36. The number of nitrogens with zero attached hydrogens (tertiary/aromatic N) is 1. The van der Waals surface area contributed by atoms with Crippen LogP contribution < -0.4 is 10.2 Å². The van der Waals surface area contributed by atoms with E-state index in [2.05, 4.69) is 4.90 Å². The van der Waals surface area contributed by atoms with E-state index < -0.39 is 0 Å². The number of hydrogen-bond acceptors (Lipinski definition) is 4. The Morgan fingerprint density at radius 2 is 1.77 bits per heavy atom. The lowest BCUT2D eigenvalue weighted by atomic mass is 10.0. The van der Waals surface area contributed by atoms with Gasteiger partial charge >= 0.3 is 0 Å². The summed E-state index contributed by atoms with van der Waals surface area (Å²) >= 11 is 6.30. The van der Waals surface area contributed by atoms with Gasteiger partial charge in [-0.25, -0.2) is 0 Å². The van der Waals surface area contributed by atoms with Crippen molar-refractivity contribution in [2.45, 2.75) is 19.9 Å². The smallest absolute Gasteiger partial charge is 0.200 e. The van der Waals surface area contributed by atoms with Crippen molar-refractivity contribution in [2.24, 2.45) is 0 Å². The average Bonchev–Trinajstić information content (AvgIpc) is 2.79. The summed E-state index contributed by atoms with van der Waals surface area (Å²) in [4.78, 5) is 15.5. The zero-order chi connectivity index (χ0) is 21.4. The number of hydrogen-bond donors (Lipinski definition) is 0. The van der Waals surface area contributed by atoms with Crippen molar-refractivity contribution in [2.75, 3.05) is 13.3 Å². The first kappa shape index (κ1) is 19.9. The molecule has 156 valence electrons. The van der Waals surface area contributed by atoms with E-state index in [0.29, 0.717) is 35.6 Å². The fourth-order valence-electron chi connectivity index (χ4n) is 4.18. The Kier molecular flexibility index (Phi) is 5.26. The second-order valence-corrected chi connectivity index (χ2v) is 8.22. The van der Waals surface area contributed by atoms with Gasteiger partial charge in [0, 0.05) is 18.1 Å². The molecule has 1 aromatic heterocycles. The molecule has 1 aliphatic rings. The van der Waals surface area contributed by atoms with Gasteiger partial charge in [0.05, 0.1) is 16.5 Å². The molecule has 31 heavy (non-hydrogen) atoms. The van der Waals surface area contributed by atoms with Crippen LogP contribution in [0.2, 0.25) is 5.02 Å². The van der Waals surface area contributed by atoms with Gasteiger partial charge in [-0.3, -0.25) is 9.69 Å². The quantitative estimate of drug-likeness (QED) is 0.408. The van der Waals surface area contributed by atoms with Crippen LogP contribution in [0.4, 0.5) is 0 Å². The van der Waals surface area contributed by atoms with Crippen LogP contribution in [-0.4, -0.2) is 18.2 Å². The topological polar surface area (TPSA) is 42.7 Å². The van der Waals surface area contributed by atoms with Crippen LogP contribution in [0.25, 0.3) is 22.1 Å². The maximum absolute atomic E-state index is 13.3. The predicted octanol–water partition coefficient (Wildman–Crippen LogP) is 5.82. The molecule has 0 saturated heterocycles. The van der Waals surface area contributed by atoms with E-state index in [-0.39, 0.29) is 5.43 Å². The summed E-state index contributed by atoms with van der Waals surface area (Å²) in [6.45, 7) is 3.80. The predicted molar refractivity (Wildman–Crippen MR) is 124 cm³/mol. The Morgan fingerprint density at radius 3 is 2.58 bits per heavy atom. The van der Waals surface area contributed by atoms with Gasteiger partial charge in [-0.2, -0.15) is 0 Å². The number of ether oxygens (including phenoxy) is 1. The number of rotatable bonds is 4. The SMILES string of the molecule is Cc1oc2c3c(ccc2c(=O)c1-c1ccccc1)OCN(CCc1ccccc1Cl)C3. The third-order valence-corrected chi connectivity index (χ3v) is 6.17. The summed E-state index contributed by atoms with van der Waals surface area (Å²) < 4.78 is 12.2. The molecule has 0 radical (unpaired) electrons. The van der Waals surface area contributed by atoms with Crippen LogP contribution in [0, 0.1) is 6.92 Å². The van der Waals surface area contributed by atoms with Gasteiger partial charge < -0.3 is 9.15 Å². The standard InChI is InChI=1S/C26H22ClNO3/c1-17-24(19-8-3-2-4-9-19)25(29)20-11-12-23-21(26(20)31-17)15-28(16-30-23)14-13-18-7-5-6-10-22(18)27/h2-12H,13-16H2,1H3. The minimum absolute atomic E-state index is 0.0130. The van der Waals surface area contributed by atoms with Gasteiger partial charge in [-0.1, -0.05) is 60.1 Å². The summed E-state index contributed by atoms with van der Waals surface area (Å²) in [7, 11) is 0. The maximum Gasteiger partial charge on any atom is 0.200 e. The molecule has 0 amide bonds. The lowest BCUT2D eigenvalue weighted by Gasteiger charge is -2.29. The highest BCUT2D eigenvalue weighted by Gasteiger charge is 2.24. The molecule has 4 aromatic rings. The molecule has 5 heteroatoms. The highest BCUT2D eigenvalue weighted by Crippen LogP contribution is 2.34. The van der Waals surface area contributed by atoms with E-state index in [4.69, 9.17) is 20.8 Å². The van der Waals surface area contributed by atoms with Crippen LogP contribution in [0.5, 0.6) is 5.75 Å². The van der Waals surface area contributed by atoms with Crippen LogP contribution in [0.3, 0.4) is 0 Å². The summed E-state index contributed by atoms with van der Waals surface area (Å²) in [5.41, 5.74) is 4.11. The molecule has 0 aliphatic carbocycles. The Morgan fingerprint density at radius 1 is 1.00 bits per heavy atom. The molecular formula is C26H22ClNO3. The van der Waals surface area contributed by atoms with E-state index in [9.17, 15) is 4.79 Å². The molecule has 0 N–H and O–H groups in total. The fraction of sp³-hybridized carbons (Fsp3) is 0.192. The van der Waals surface area contributed by atoms with Crippen molar-refractivity contribution in [3.63, 3.8) is 0 Å². The third-order valence-electron chi connectivity index (χ3n) is 5.80. The van der Waals surface area contributed by atoms with Crippen molar-refractivity contribution in [1.82, 2.24) is 4.90 Å². The molecule has 0 spiro atoms. The zero-order valence-corrected chi connectivity index (χ0v) is 18.0. The summed E-state index contributed by atoms with van der Waals surface area (Å²) in [5.74, 6) is 1.39. The van der Waals surface area contributed by atoms with Crippen LogP contribution in [-0.2, 0) is 13.0 Å². The number of halogens is 1. The molecule has 2 heterocycles. The van der Waals surface area contributed by atoms with Crippen molar-refractivity contribution in [3.8, 4) is 16.9 Å². The maximum atomic E-state index is 13.3. The molecule has 1 aliphatic heterocycles. The number of aryl methyl sites for hydroxylation is 1. The number of fused-ring (bicyclic) bond motifs is 3. The normalized spacial score (nSPS) is 13.7. The van der Waals surface area contributed by atoms with Gasteiger partial charge in [0.25, 0.3) is 0 Å². The minimum Gasteiger partial charge on any atom is -0.478 e. The molecule has 0 fully saturated rings. The van der Waals surface area contributed by atoms with Gasteiger partial charge in [-0.15, -0.1) is 0 Å². The average molecular weight is 432 g/mol. The molecule has 0 atom stereocenters. The van der Waals surface area contributed by atoms with Crippen molar-refractivity contribution in [3.05, 3.63) is 98.9 Å². The van der Waals surface area contributed by atoms with E-state index in [1.165, 1.54) is 0 Å². The summed E-state index contributed by atoms with van der Waals surface area (Å²) in [6, 6.07) is 21.2. The first-order chi connectivity index (χ1) is 15.1. The monoisotopic (exact) mass is 431 g/mol. The molecule has 4 nitrogen and oxygen atoms in total. The Labute approximate surface area is 185 Å². The van der Waals surface area contributed by atoms with Gasteiger partial charge in [0.15, 0.2) is 0 Å². The second kappa shape index (κ2) is 8.22. The van der Waals surface area contributed by atoms with Crippen LogP contribution >= 0.6 is 11.6 Å². The first-order valence-corrected chi connectivity index (χ1v) is 10.7. The van der Waals surface area contributed by atoms with E-state index in [1.54, 1.807) is 0 Å². The largest absolute Gasteiger partial charge is 0.478 e. The van der Waals surface area contributed by atoms with Crippen LogP contribution in [0.1, 0.15) is 16.9 Å². The Hall–Kier alpha value is -3.08. The zero-order valence-electron chi connectivity index (χ0n) is 17.2. The second-order valence-electron chi connectivity index (χ2n) is 7.81. The van der Waals surface area contributed by atoms with Gasteiger partial charge in [0.2, 0.25) is 5.43 Å². The molecular weight excluding hydrogens is 410 g/mol. The molecule has 5 rings (SSSR count). The molecule has 0 saturated carbocycles. The van der Waals surface area contributed by atoms with Crippen molar-refractivity contribution >= 4 is 22.6 Å². The van der Waals surface area contributed by atoms with E-state index in [0.717, 1.165) is 40.4 Å². The highest BCUT2D eigenvalue weighted by molar-refractivity contribution is 6.31. The Balaban J connectivity index is 1.49. The van der Waals surface area contributed by atoms with E-state index >= 15 is 0 Å². The highest BCUT2D eigenvalue weighted by atomic mass is 35.5.